The van der Waals surface area contributed by atoms with Crippen LogP contribution in [-0.4, -0.2) is 13.1 Å². The van der Waals surface area contributed by atoms with Gasteiger partial charge in [0.15, 0.2) is 0 Å². The first kappa shape index (κ1) is 11.0. The largest absolute Gasteiger partial charge is 0.316 e. The molecule has 1 aliphatic carbocycles. The highest BCUT2D eigenvalue weighted by atomic mass is 14.9. The second kappa shape index (κ2) is 4.99. The third kappa shape index (κ3) is 3.68. The summed E-state index contributed by atoms with van der Waals surface area (Å²) in [6, 6.07) is 0. The SMILES string of the molecule is C1CCC2(C1)CCNC2.CC(C)C.[HH]. The molecule has 0 bridgehead atoms. The van der Waals surface area contributed by atoms with Crippen LogP contribution in [0.5, 0.6) is 0 Å². The van der Waals surface area contributed by atoms with Crippen LogP contribution in [0.2, 0.25) is 0 Å². The summed E-state index contributed by atoms with van der Waals surface area (Å²) in [5.41, 5.74) is 0.778. The second-order valence-corrected chi connectivity index (χ2v) is 5.37. The number of nitrogens with one attached hydrogen (secondary N) is 1. The lowest BCUT2D eigenvalue weighted by molar-refractivity contribution is 0.336. The third-order valence-corrected chi connectivity index (χ3v) is 3.00. The zero-order chi connectivity index (χ0) is 9.73. The predicted octanol–water partition coefficient (Wildman–Crippen LogP) is 3.45. The highest BCUT2D eigenvalue weighted by Gasteiger charge is 2.35. The van der Waals surface area contributed by atoms with Gasteiger partial charge in [-0.15, -0.1) is 0 Å². The van der Waals surface area contributed by atoms with Crippen molar-refractivity contribution < 1.29 is 1.43 Å². The Morgan fingerprint density at radius 3 is 2.00 bits per heavy atom. The molecule has 1 nitrogen and oxygen atoms in total. The van der Waals surface area contributed by atoms with Crippen molar-refractivity contribution in [3.63, 3.8) is 0 Å². The fourth-order valence-electron chi connectivity index (χ4n) is 2.35. The minimum absolute atomic E-state index is 0. The van der Waals surface area contributed by atoms with Crippen molar-refractivity contribution in [1.29, 1.82) is 0 Å². The molecule has 0 amide bonds. The molecule has 0 aromatic heterocycles. The van der Waals surface area contributed by atoms with Crippen LogP contribution >= 0.6 is 0 Å². The number of hydrogen-bond acceptors (Lipinski definition) is 1. The Morgan fingerprint density at radius 2 is 1.62 bits per heavy atom. The molecule has 2 fully saturated rings. The first-order chi connectivity index (χ1) is 6.15. The van der Waals surface area contributed by atoms with Crippen molar-refractivity contribution >= 4 is 0 Å². The quantitative estimate of drug-likeness (QED) is 0.609. The Hall–Kier alpha value is -0.0400. The Kier molecular flexibility index (Phi) is 4.24. The summed E-state index contributed by atoms with van der Waals surface area (Å²) in [7, 11) is 0. The van der Waals surface area contributed by atoms with Crippen molar-refractivity contribution in [2.75, 3.05) is 13.1 Å². The van der Waals surface area contributed by atoms with Gasteiger partial charge in [-0.25, -0.2) is 0 Å². The van der Waals surface area contributed by atoms with E-state index in [0.29, 0.717) is 0 Å². The van der Waals surface area contributed by atoms with Gasteiger partial charge < -0.3 is 5.32 Å². The van der Waals surface area contributed by atoms with Gasteiger partial charge in [-0.3, -0.25) is 0 Å². The molecule has 0 aromatic carbocycles. The Bertz CT molecular complexity index is 113. The smallest absolute Gasteiger partial charge is 0.000829 e. The van der Waals surface area contributed by atoms with E-state index >= 15 is 0 Å². The van der Waals surface area contributed by atoms with E-state index in [1.165, 1.54) is 45.2 Å². The zero-order valence-electron chi connectivity index (χ0n) is 9.53. The van der Waals surface area contributed by atoms with Gasteiger partial charge in [-0.1, -0.05) is 33.6 Å². The average Bonchev–Trinajstić information content (AvgIpc) is 2.63. The van der Waals surface area contributed by atoms with Gasteiger partial charge in [0.2, 0.25) is 0 Å². The lowest BCUT2D eigenvalue weighted by atomic mass is 9.86. The maximum Gasteiger partial charge on any atom is 0.000829 e. The van der Waals surface area contributed by atoms with E-state index in [0.717, 1.165) is 11.3 Å². The van der Waals surface area contributed by atoms with Crippen molar-refractivity contribution in [3.05, 3.63) is 0 Å². The summed E-state index contributed by atoms with van der Waals surface area (Å²) in [5.74, 6) is 0.833. The topological polar surface area (TPSA) is 12.0 Å². The third-order valence-electron chi connectivity index (χ3n) is 3.00. The maximum atomic E-state index is 3.46. The van der Waals surface area contributed by atoms with Crippen LogP contribution in [0.1, 0.15) is 54.3 Å². The van der Waals surface area contributed by atoms with Gasteiger partial charge in [-0.2, -0.15) is 0 Å². The van der Waals surface area contributed by atoms with Crippen molar-refractivity contribution in [1.82, 2.24) is 5.32 Å². The van der Waals surface area contributed by atoms with Crippen LogP contribution in [0, 0.1) is 11.3 Å². The van der Waals surface area contributed by atoms with E-state index in [1.807, 2.05) is 0 Å². The molecular formula is C12H27N. The van der Waals surface area contributed by atoms with Gasteiger partial charge in [0.25, 0.3) is 0 Å². The summed E-state index contributed by atoms with van der Waals surface area (Å²) in [6.07, 6.45) is 7.43. The molecule has 1 aliphatic heterocycles. The minimum atomic E-state index is 0. The van der Waals surface area contributed by atoms with Gasteiger partial charge in [-0.05, 0) is 37.1 Å². The van der Waals surface area contributed by atoms with Crippen molar-refractivity contribution in [2.24, 2.45) is 11.3 Å². The summed E-state index contributed by atoms with van der Waals surface area (Å²) in [5, 5.41) is 3.46. The molecule has 1 saturated carbocycles. The molecule has 80 valence electrons. The van der Waals surface area contributed by atoms with E-state index in [9.17, 15) is 0 Å². The number of hydrogen-bond donors (Lipinski definition) is 1. The van der Waals surface area contributed by atoms with Crippen LogP contribution in [0.15, 0.2) is 0 Å². The first-order valence-electron chi connectivity index (χ1n) is 5.85. The van der Waals surface area contributed by atoms with E-state index in [2.05, 4.69) is 26.1 Å². The number of rotatable bonds is 0. The fourth-order valence-corrected chi connectivity index (χ4v) is 2.35. The summed E-state index contributed by atoms with van der Waals surface area (Å²) >= 11 is 0. The highest BCUT2D eigenvalue weighted by Crippen LogP contribution is 2.42. The van der Waals surface area contributed by atoms with Crippen LogP contribution in [-0.2, 0) is 0 Å². The van der Waals surface area contributed by atoms with E-state index < -0.39 is 0 Å². The molecule has 1 heteroatoms. The molecule has 1 N–H and O–H groups in total. The van der Waals surface area contributed by atoms with Crippen molar-refractivity contribution in [3.8, 4) is 0 Å². The fraction of sp³-hybridized carbons (Fsp3) is 1.00. The predicted molar refractivity (Wildman–Crippen MR) is 61.0 cm³/mol. The molecule has 0 aromatic rings. The Morgan fingerprint density at radius 1 is 1.08 bits per heavy atom. The van der Waals surface area contributed by atoms with E-state index in [-0.39, 0.29) is 1.43 Å². The summed E-state index contributed by atoms with van der Waals surface area (Å²) in [6.45, 7) is 9.09. The summed E-state index contributed by atoms with van der Waals surface area (Å²) in [4.78, 5) is 0. The van der Waals surface area contributed by atoms with Crippen LogP contribution in [0.4, 0.5) is 0 Å². The molecule has 1 heterocycles. The van der Waals surface area contributed by atoms with E-state index in [1.54, 1.807) is 0 Å². The lowest BCUT2D eigenvalue weighted by Gasteiger charge is -2.19. The molecular weight excluding hydrogens is 158 g/mol. The molecule has 2 aliphatic rings. The second-order valence-electron chi connectivity index (χ2n) is 5.37. The molecule has 2 rings (SSSR count). The first-order valence-corrected chi connectivity index (χ1v) is 5.85. The highest BCUT2D eigenvalue weighted by molar-refractivity contribution is 4.91. The summed E-state index contributed by atoms with van der Waals surface area (Å²) < 4.78 is 0. The van der Waals surface area contributed by atoms with Crippen LogP contribution in [0.3, 0.4) is 0 Å². The Balaban J connectivity index is 0.000000299. The standard InChI is InChI=1S/C8H15N.C4H10.H2/c1-2-4-8(3-1)5-6-9-7-8;1-4(2)3;/h9H,1-7H2;4H,1-3H3;1H. The van der Waals surface area contributed by atoms with Gasteiger partial charge in [0, 0.05) is 7.97 Å². The Labute approximate surface area is 84.8 Å². The van der Waals surface area contributed by atoms with E-state index in [4.69, 9.17) is 0 Å². The van der Waals surface area contributed by atoms with Crippen LogP contribution in [0.25, 0.3) is 0 Å². The average molecular weight is 185 g/mol. The maximum absolute atomic E-state index is 3.46. The van der Waals surface area contributed by atoms with Crippen LogP contribution < -0.4 is 5.32 Å². The van der Waals surface area contributed by atoms with Crippen molar-refractivity contribution in [2.45, 2.75) is 52.9 Å². The van der Waals surface area contributed by atoms with Gasteiger partial charge in [0.1, 0.15) is 0 Å². The molecule has 1 saturated heterocycles. The molecule has 0 radical (unpaired) electrons. The minimum Gasteiger partial charge on any atom is -0.316 e. The molecule has 0 atom stereocenters. The normalized spacial score (nSPS) is 24.9. The lowest BCUT2D eigenvalue weighted by Crippen LogP contribution is -2.19. The molecule has 13 heavy (non-hydrogen) atoms. The zero-order valence-corrected chi connectivity index (χ0v) is 9.53. The molecule has 1 spiro atoms. The van der Waals surface area contributed by atoms with Gasteiger partial charge in [0.05, 0.1) is 0 Å². The monoisotopic (exact) mass is 185 g/mol. The molecule has 0 unspecified atom stereocenters. The van der Waals surface area contributed by atoms with Gasteiger partial charge >= 0.3 is 0 Å².